The molecule has 4 rings (SSSR count). The third-order valence-electron chi connectivity index (χ3n) is 6.24. The lowest BCUT2D eigenvalue weighted by atomic mass is 9.99. The molecular weight excluding hydrogens is 443 g/mol. The lowest BCUT2D eigenvalue weighted by Crippen LogP contribution is -2.51. The Bertz CT molecular complexity index is 937. The lowest BCUT2D eigenvalue weighted by molar-refractivity contribution is -0.119. The molecule has 0 bridgehead atoms. The molecule has 3 aliphatic rings. The Hall–Kier alpha value is -2.75. The van der Waals surface area contributed by atoms with Gasteiger partial charge in [0.05, 0.1) is 17.9 Å². The number of anilines is 1. The van der Waals surface area contributed by atoms with Gasteiger partial charge in [-0.1, -0.05) is 17.6 Å². The Morgan fingerprint density at radius 2 is 2.00 bits per heavy atom. The first kappa shape index (κ1) is 23.4. The van der Waals surface area contributed by atoms with Crippen LogP contribution in [-0.4, -0.2) is 66.2 Å². The maximum atomic E-state index is 15.0. The molecule has 1 amide bonds. The quantitative estimate of drug-likeness (QED) is 0.505. The molecule has 2 heterocycles. The van der Waals surface area contributed by atoms with Gasteiger partial charge in [-0.25, -0.2) is 4.39 Å². The number of hydrogen-bond donors (Lipinski definition) is 2. The summed E-state index contributed by atoms with van der Waals surface area (Å²) in [5, 5.41) is 11.9. The molecule has 10 heteroatoms. The molecule has 178 valence electrons. The molecule has 1 aromatic carbocycles. The fourth-order valence-corrected chi connectivity index (χ4v) is 4.56. The van der Waals surface area contributed by atoms with Crippen molar-refractivity contribution >= 4 is 40.3 Å². The molecule has 1 saturated heterocycles. The zero-order valence-corrected chi connectivity index (χ0v) is 19.8. The van der Waals surface area contributed by atoms with Gasteiger partial charge in [-0.3, -0.25) is 10.2 Å². The van der Waals surface area contributed by atoms with E-state index in [-0.39, 0.29) is 17.8 Å². The number of carbonyl (C=O) groups excluding carboxylic acids is 1. The van der Waals surface area contributed by atoms with E-state index >= 15 is 0 Å². The fraction of sp³-hybridized carbons (Fsp3) is 0.565. The van der Waals surface area contributed by atoms with Crippen LogP contribution in [0.1, 0.15) is 51.0 Å². The number of hydrazone groups is 1. The number of halogens is 1. The Morgan fingerprint density at radius 1 is 1.24 bits per heavy atom. The molecule has 0 spiro atoms. The number of benzene rings is 1. The number of thiocarbonyl (C=S) groups is 1. The summed E-state index contributed by atoms with van der Waals surface area (Å²) in [7, 11) is 0. The number of nitrogens with zero attached hydrogens (tertiary/aromatic N) is 4. The van der Waals surface area contributed by atoms with Crippen molar-refractivity contribution in [3.8, 4) is 0 Å². The zero-order valence-electron chi connectivity index (χ0n) is 19.0. The number of nitrogens with one attached hydrogen (secondary N) is 2. The first-order valence-electron chi connectivity index (χ1n) is 11.6. The normalized spacial score (nSPS) is 20.7. The Balaban J connectivity index is 1.28. The summed E-state index contributed by atoms with van der Waals surface area (Å²) in [4.78, 5) is 20.5. The van der Waals surface area contributed by atoms with Gasteiger partial charge >= 0.3 is 0 Å². The summed E-state index contributed by atoms with van der Waals surface area (Å²) < 4.78 is 15.0. The van der Waals surface area contributed by atoms with Crippen molar-refractivity contribution < 1.29 is 14.0 Å². The van der Waals surface area contributed by atoms with Crippen LogP contribution in [-0.2, 0) is 9.63 Å². The lowest BCUT2D eigenvalue weighted by Gasteiger charge is -2.37. The second kappa shape index (κ2) is 10.9. The molecule has 1 unspecified atom stereocenters. The molecule has 1 aromatic rings. The Kier molecular flexibility index (Phi) is 7.74. The summed E-state index contributed by atoms with van der Waals surface area (Å²) in [6.45, 7) is 4.62. The summed E-state index contributed by atoms with van der Waals surface area (Å²) >= 11 is 5.51. The molecule has 2 fully saturated rings. The molecule has 1 aliphatic carbocycles. The van der Waals surface area contributed by atoms with Gasteiger partial charge in [-0.2, -0.15) is 5.10 Å². The van der Waals surface area contributed by atoms with E-state index in [9.17, 15) is 9.18 Å². The van der Waals surface area contributed by atoms with Gasteiger partial charge in [-0.05, 0) is 50.0 Å². The van der Waals surface area contributed by atoms with E-state index in [1.54, 1.807) is 6.07 Å². The average molecular weight is 475 g/mol. The van der Waals surface area contributed by atoms with E-state index < -0.39 is 0 Å². The Morgan fingerprint density at radius 3 is 2.70 bits per heavy atom. The van der Waals surface area contributed by atoms with Crippen molar-refractivity contribution in [3.05, 3.63) is 29.6 Å². The van der Waals surface area contributed by atoms with E-state index in [0.29, 0.717) is 61.2 Å². The van der Waals surface area contributed by atoms with Gasteiger partial charge in [0.1, 0.15) is 11.9 Å². The van der Waals surface area contributed by atoms with E-state index in [4.69, 9.17) is 17.1 Å². The number of piperazine rings is 1. The van der Waals surface area contributed by atoms with E-state index in [0.717, 1.165) is 12.8 Å². The summed E-state index contributed by atoms with van der Waals surface area (Å²) in [5.41, 5.74) is 6.22. The predicted octanol–water partition coefficient (Wildman–Crippen LogP) is 2.77. The largest absolute Gasteiger partial charge is 0.390 e. The van der Waals surface area contributed by atoms with E-state index in [1.165, 1.54) is 38.0 Å². The third-order valence-corrected chi connectivity index (χ3v) is 6.59. The van der Waals surface area contributed by atoms with Crippen LogP contribution in [0.5, 0.6) is 0 Å². The van der Waals surface area contributed by atoms with Crippen LogP contribution < -0.4 is 15.6 Å². The van der Waals surface area contributed by atoms with Crippen molar-refractivity contribution in [2.24, 2.45) is 10.3 Å². The van der Waals surface area contributed by atoms with Crippen LogP contribution in [0.25, 0.3) is 0 Å². The van der Waals surface area contributed by atoms with Crippen LogP contribution in [0.2, 0.25) is 0 Å². The first-order valence-corrected chi connectivity index (χ1v) is 12.0. The van der Waals surface area contributed by atoms with Crippen LogP contribution in [0.15, 0.2) is 28.5 Å². The standard InChI is InChI=1S/C23H31FN6O2S/c1-16(31)25-15-19-14-21(28-32-19)17-7-8-22(20(24)13-17)29-9-11-30(12-10-29)23(33)27-26-18-5-3-2-4-6-18/h7-8,13,19H,2-6,9-12,14-15H2,1H3,(H,25,31)(H,27,33). The number of rotatable bonds is 5. The molecule has 33 heavy (non-hydrogen) atoms. The Labute approximate surface area is 199 Å². The number of oxime groups is 1. The predicted molar refractivity (Wildman–Crippen MR) is 131 cm³/mol. The van der Waals surface area contributed by atoms with E-state index in [1.807, 2.05) is 11.0 Å². The summed E-state index contributed by atoms with van der Waals surface area (Å²) in [5.74, 6) is -0.394. The maximum Gasteiger partial charge on any atom is 0.217 e. The van der Waals surface area contributed by atoms with Gasteiger partial charge in [0, 0.05) is 50.8 Å². The molecule has 1 atom stereocenters. The van der Waals surface area contributed by atoms with Crippen molar-refractivity contribution in [1.82, 2.24) is 15.6 Å². The molecule has 2 aliphatic heterocycles. The smallest absolute Gasteiger partial charge is 0.217 e. The van der Waals surface area contributed by atoms with Crippen LogP contribution in [0.3, 0.4) is 0 Å². The summed E-state index contributed by atoms with van der Waals surface area (Å²) in [6, 6.07) is 5.19. The van der Waals surface area contributed by atoms with E-state index in [2.05, 4.69) is 25.9 Å². The number of carbonyl (C=O) groups is 1. The van der Waals surface area contributed by atoms with Crippen LogP contribution >= 0.6 is 12.2 Å². The topological polar surface area (TPSA) is 81.6 Å². The second-order valence-electron chi connectivity index (χ2n) is 8.70. The van der Waals surface area contributed by atoms with Gasteiger partial charge in [0.2, 0.25) is 5.91 Å². The van der Waals surface area contributed by atoms with Crippen molar-refractivity contribution in [2.45, 2.75) is 51.6 Å². The minimum atomic E-state index is -0.279. The number of hydrogen-bond acceptors (Lipinski definition) is 6. The van der Waals surface area contributed by atoms with Gasteiger partial charge in [0.15, 0.2) is 5.11 Å². The summed E-state index contributed by atoms with van der Waals surface area (Å²) in [6.07, 6.45) is 6.10. The highest BCUT2D eigenvalue weighted by Gasteiger charge is 2.25. The van der Waals surface area contributed by atoms with Gasteiger partial charge < -0.3 is 20.0 Å². The second-order valence-corrected chi connectivity index (χ2v) is 9.09. The van der Waals surface area contributed by atoms with Crippen LogP contribution in [0, 0.1) is 5.82 Å². The first-order chi connectivity index (χ1) is 16.0. The third kappa shape index (κ3) is 6.19. The monoisotopic (exact) mass is 474 g/mol. The minimum Gasteiger partial charge on any atom is -0.390 e. The highest BCUT2D eigenvalue weighted by Crippen LogP contribution is 2.25. The highest BCUT2D eigenvalue weighted by atomic mass is 32.1. The van der Waals surface area contributed by atoms with Crippen molar-refractivity contribution in [1.29, 1.82) is 0 Å². The van der Waals surface area contributed by atoms with Gasteiger partial charge in [0.25, 0.3) is 0 Å². The highest BCUT2D eigenvalue weighted by molar-refractivity contribution is 7.80. The average Bonchev–Trinajstić information content (AvgIpc) is 3.31. The zero-order chi connectivity index (χ0) is 23.2. The van der Waals surface area contributed by atoms with Crippen molar-refractivity contribution in [2.75, 3.05) is 37.6 Å². The maximum absolute atomic E-state index is 15.0. The minimum absolute atomic E-state index is 0.114. The fourth-order valence-electron chi connectivity index (χ4n) is 4.33. The van der Waals surface area contributed by atoms with Crippen LogP contribution in [0.4, 0.5) is 10.1 Å². The molecule has 1 saturated carbocycles. The van der Waals surface area contributed by atoms with Gasteiger partial charge in [-0.15, -0.1) is 0 Å². The SMILES string of the molecule is CC(=O)NCC1CC(c2ccc(N3CCN(C(=S)NN=C4CCCCC4)CC3)c(F)c2)=NO1. The molecule has 0 aromatic heterocycles. The molecule has 2 N–H and O–H groups in total. The molecule has 8 nitrogen and oxygen atoms in total. The number of amides is 1. The molecule has 0 radical (unpaired) electrons. The molecular formula is C23H31FN6O2S. The van der Waals surface area contributed by atoms with Crippen molar-refractivity contribution in [3.63, 3.8) is 0 Å².